The van der Waals surface area contributed by atoms with Crippen molar-refractivity contribution in [3.05, 3.63) is 47.2 Å². The van der Waals surface area contributed by atoms with Crippen LogP contribution in [0.4, 0.5) is 0 Å². The maximum atomic E-state index is 11.8. The predicted molar refractivity (Wildman–Crippen MR) is 92.4 cm³/mol. The van der Waals surface area contributed by atoms with Gasteiger partial charge in [0.25, 0.3) is 0 Å². The molecule has 0 amide bonds. The van der Waals surface area contributed by atoms with Gasteiger partial charge in [0, 0.05) is 18.7 Å². The molecule has 0 N–H and O–H groups in total. The summed E-state index contributed by atoms with van der Waals surface area (Å²) in [4.78, 5) is 14.0. The molecule has 0 radical (unpaired) electrons. The molecule has 126 valence electrons. The van der Waals surface area contributed by atoms with E-state index < -0.39 is 0 Å². The number of hydrogen-bond donors (Lipinski definition) is 0. The second-order valence-electron chi connectivity index (χ2n) is 6.54. The van der Waals surface area contributed by atoms with Gasteiger partial charge in [-0.05, 0) is 56.5 Å². The molecule has 1 aromatic heterocycles. The minimum Gasteiger partial charge on any atom is -0.462 e. The molecule has 0 spiro atoms. The molecule has 1 aliphatic heterocycles. The smallest absolute Gasteiger partial charge is 0.320 e. The van der Waals surface area contributed by atoms with E-state index in [0.717, 1.165) is 36.5 Å². The summed E-state index contributed by atoms with van der Waals surface area (Å²) in [5.74, 6) is -0.153. The van der Waals surface area contributed by atoms with Gasteiger partial charge in [-0.15, -0.1) is 0 Å². The average molecular weight is 325 g/mol. The molecule has 5 heteroatoms. The van der Waals surface area contributed by atoms with Gasteiger partial charge in [-0.2, -0.15) is 10.2 Å². The first-order valence-electron chi connectivity index (χ1n) is 8.35. The maximum absolute atomic E-state index is 11.8. The maximum Gasteiger partial charge on any atom is 0.320 e. The van der Waals surface area contributed by atoms with Crippen LogP contribution < -0.4 is 0 Å². The van der Waals surface area contributed by atoms with Crippen LogP contribution in [0.1, 0.15) is 30.7 Å². The van der Waals surface area contributed by atoms with E-state index in [4.69, 9.17) is 4.74 Å². The first kappa shape index (κ1) is 16.6. The lowest BCUT2D eigenvalue weighted by atomic mass is 9.96. The van der Waals surface area contributed by atoms with Gasteiger partial charge in [-0.3, -0.25) is 9.69 Å². The zero-order chi connectivity index (χ0) is 17.1. The van der Waals surface area contributed by atoms with Crippen LogP contribution in [-0.4, -0.2) is 40.3 Å². The highest BCUT2D eigenvalue weighted by molar-refractivity contribution is 5.72. The summed E-state index contributed by atoms with van der Waals surface area (Å²) in [5.41, 5.74) is 5.49. The van der Waals surface area contributed by atoms with E-state index in [-0.39, 0.29) is 12.1 Å². The number of esters is 1. The second kappa shape index (κ2) is 7.09. The SMILES string of the molecule is Cc1ccc(-c2ccc3c(c2)CCN(CC(=O)OC(C)C)C3)nn1. The fourth-order valence-corrected chi connectivity index (χ4v) is 2.94. The zero-order valence-electron chi connectivity index (χ0n) is 14.5. The van der Waals surface area contributed by atoms with Crippen LogP contribution in [0.25, 0.3) is 11.3 Å². The molecule has 0 bridgehead atoms. The van der Waals surface area contributed by atoms with E-state index in [1.165, 1.54) is 11.1 Å². The Morgan fingerprint density at radius 1 is 1.21 bits per heavy atom. The highest BCUT2D eigenvalue weighted by Gasteiger charge is 2.20. The Morgan fingerprint density at radius 2 is 2.04 bits per heavy atom. The van der Waals surface area contributed by atoms with Gasteiger partial charge in [-0.1, -0.05) is 12.1 Å². The van der Waals surface area contributed by atoms with Gasteiger partial charge < -0.3 is 4.74 Å². The fourth-order valence-electron chi connectivity index (χ4n) is 2.94. The number of carbonyl (C=O) groups is 1. The summed E-state index contributed by atoms with van der Waals surface area (Å²) < 4.78 is 5.23. The molecule has 0 saturated heterocycles. The minimum atomic E-state index is -0.153. The molecule has 24 heavy (non-hydrogen) atoms. The lowest BCUT2D eigenvalue weighted by Gasteiger charge is -2.28. The number of ether oxygens (including phenoxy) is 1. The molecule has 0 aliphatic carbocycles. The molecule has 1 aromatic carbocycles. The van der Waals surface area contributed by atoms with E-state index in [1.54, 1.807) is 0 Å². The van der Waals surface area contributed by atoms with Crippen molar-refractivity contribution in [2.24, 2.45) is 0 Å². The Hall–Kier alpha value is -2.27. The van der Waals surface area contributed by atoms with Crippen LogP contribution >= 0.6 is 0 Å². The van der Waals surface area contributed by atoms with Crippen molar-refractivity contribution >= 4 is 5.97 Å². The minimum absolute atomic E-state index is 0.0623. The van der Waals surface area contributed by atoms with Crippen molar-refractivity contribution in [3.63, 3.8) is 0 Å². The number of benzene rings is 1. The molecule has 0 fully saturated rings. The van der Waals surface area contributed by atoms with Gasteiger partial charge in [0.1, 0.15) is 0 Å². The highest BCUT2D eigenvalue weighted by Crippen LogP contribution is 2.25. The van der Waals surface area contributed by atoms with Crippen LogP contribution in [0.3, 0.4) is 0 Å². The zero-order valence-corrected chi connectivity index (χ0v) is 14.5. The van der Waals surface area contributed by atoms with Gasteiger partial charge in [0.15, 0.2) is 0 Å². The summed E-state index contributed by atoms with van der Waals surface area (Å²) in [6.07, 6.45) is 0.866. The molecular formula is C19H23N3O2. The van der Waals surface area contributed by atoms with E-state index in [2.05, 4.69) is 33.3 Å². The third-order valence-corrected chi connectivity index (χ3v) is 4.11. The van der Waals surface area contributed by atoms with Gasteiger partial charge in [-0.25, -0.2) is 0 Å². The monoisotopic (exact) mass is 325 g/mol. The lowest BCUT2D eigenvalue weighted by Crippen LogP contribution is -2.36. The summed E-state index contributed by atoms with van der Waals surface area (Å²) in [5, 5.41) is 8.38. The predicted octanol–water partition coefficient (Wildman–Crippen LogP) is 2.76. The molecule has 2 aromatic rings. The van der Waals surface area contributed by atoms with Crippen molar-refractivity contribution in [2.45, 2.75) is 39.8 Å². The van der Waals surface area contributed by atoms with Gasteiger partial charge >= 0.3 is 5.97 Å². The average Bonchev–Trinajstić information content (AvgIpc) is 2.54. The van der Waals surface area contributed by atoms with E-state index in [1.807, 2.05) is 32.9 Å². The van der Waals surface area contributed by atoms with Crippen molar-refractivity contribution in [2.75, 3.05) is 13.1 Å². The molecule has 0 atom stereocenters. The summed E-state index contributed by atoms with van der Waals surface area (Å²) in [7, 11) is 0. The van der Waals surface area contributed by atoms with Crippen LogP contribution in [0.5, 0.6) is 0 Å². The van der Waals surface area contributed by atoms with Crippen molar-refractivity contribution in [1.82, 2.24) is 15.1 Å². The summed E-state index contributed by atoms with van der Waals surface area (Å²) in [6, 6.07) is 10.4. The Bertz CT molecular complexity index is 726. The molecule has 3 rings (SSSR count). The number of nitrogens with zero attached hydrogens (tertiary/aromatic N) is 3. The molecule has 2 heterocycles. The number of aromatic nitrogens is 2. The summed E-state index contributed by atoms with van der Waals surface area (Å²) in [6.45, 7) is 7.68. The number of hydrogen-bond acceptors (Lipinski definition) is 5. The Balaban J connectivity index is 1.70. The number of rotatable bonds is 4. The van der Waals surface area contributed by atoms with Gasteiger partial charge in [0.05, 0.1) is 24.0 Å². The van der Waals surface area contributed by atoms with Crippen LogP contribution in [0.2, 0.25) is 0 Å². The van der Waals surface area contributed by atoms with Crippen LogP contribution in [0, 0.1) is 6.92 Å². The van der Waals surface area contributed by atoms with E-state index in [9.17, 15) is 4.79 Å². The van der Waals surface area contributed by atoms with E-state index in [0.29, 0.717) is 6.54 Å². The third-order valence-electron chi connectivity index (χ3n) is 4.11. The number of aryl methyl sites for hydroxylation is 1. The standard InChI is InChI=1S/C19H23N3O2/c1-13(2)24-19(23)12-22-9-8-15-10-16(5-6-17(15)11-22)18-7-4-14(3)20-21-18/h4-7,10,13H,8-9,11-12H2,1-3H3. The number of fused-ring (bicyclic) bond motifs is 1. The van der Waals surface area contributed by atoms with Gasteiger partial charge in [0.2, 0.25) is 0 Å². The first-order valence-corrected chi connectivity index (χ1v) is 8.35. The van der Waals surface area contributed by atoms with Crippen molar-refractivity contribution in [1.29, 1.82) is 0 Å². The second-order valence-corrected chi connectivity index (χ2v) is 6.54. The fraction of sp³-hybridized carbons (Fsp3) is 0.421. The highest BCUT2D eigenvalue weighted by atomic mass is 16.5. The summed E-state index contributed by atoms with van der Waals surface area (Å²) >= 11 is 0. The Morgan fingerprint density at radius 3 is 2.75 bits per heavy atom. The first-order chi connectivity index (χ1) is 11.5. The Kier molecular flexibility index (Phi) is 4.90. The quantitative estimate of drug-likeness (QED) is 0.809. The van der Waals surface area contributed by atoms with Crippen molar-refractivity contribution < 1.29 is 9.53 Å². The third kappa shape index (κ3) is 3.97. The Labute approximate surface area is 142 Å². The normalized spacial score (nSPS) is 14.5. The van der Waals surface area contributed by atoms with E-state index >= 15 is 0 Å². The van der Waals surface area contributed by atoms with Crippen molar-refractivity contribution in [3.8, 4) is 11.3 Å². The molecule has 1 aliphatic rings. The molecular weight excluding hydrogens is 302 g/mol. The molecule has 5 nitrogen and oxygen atoms in total. The topological polar surface area (TPSA) is 55.3 Å². The van der Waals surface area contributed by atoms with Crippen LogP contribution in [0.15, 0.2) is 30.3 Å². The lowest BCUT2D eigenvalue weighted by molar-refractivity contribution is -0.148. The van der Waals surface area contributed by atoms with Crippen LogP contribution in [-0.2, 0) is 22.5 Å². The largest absolute Gasteiger partial charge is 0.462 e. The number of carbonyl (C=O) groups excluding carboxylic acids is 1. The molecule has 0 saturated carbocycles. The molecule has 0 unspecified atom stereocenters.